The van der Waals surface area contributed by atoms with Crippen molar-refractivity contribution < 1.29 is 23.1 Å². The van der Waals surface area contributed by atoms with Gasteiger partial charge < -0.3 is 19.0 Å². The van der Waals surface area contributed by atoms with Crippen LogP contribution in [0.2, 0.25) is 0 Å². The molecule has 0 saturated carbocycles. The highest BCUT2D eigenvalue weighted by Crippen LogP contribution is 2.38. The van der Waals surface area contributed by atoms with Gasteiger partial charge in [0.2, 0.25) is 5.91 Å². The standard InChI is InChI=1S/C28H29FN2O4S/c1-2-26(32)31-11-10-19-6-7-22(17-24(19)27(31)20-4-3-5-21(29)16-20)34-18-23-8-9-25(35-23)28(33)30-12-14-36-15-13-30/h3-9,16-17,27H,2,10-15,18H2,1H3. The van der Waals surface area contributed by atoms with Crippen LogP contribution in [0.1, 0.15) is 52.4 Å². The van der Waals surface area contributed by atoms with Crippen LogP contribution < -0.4 is 4.74 Å². The maximum atomic E-state index is 14.1. The number of furan rings is 1. The summed E-state index contributed by atoms with van der Waals surface area (Å²) in [5.74, 6) is 3.01. The summed E-state index contributed by atoms with van der Waals surface area (Å²) in [4.78, 5) is 29.1. The summed E-state index contributed by atoms with van der Waals surface area (Å²) in [6.45, 7) is 4.06. The summed E-state index contributed by atoms with van der Waals surface area (Å²) in [5.41, 5.74) is 2.78. The van der Waals surface area contributed by atoms with Crippen molar-refractivity contribution in [3.63, 3.8) is 0 Å². The molecule has 2 aliphatic rings. The molecule has 2 amide bonds. The van der Waals surface area contributed by atoms with E-state index < -0.39 is 0 Å². The molecular formula is C28H29FN2O4S. The third-order valence-electron chi connectivity index (χ3n) is 6.68. The van der Waals surface area contributed by atoms with E-state index >= 15 is 0 Å². The van der Waals surface area contributed by atoms with Gasteiger partial charge in [-0.05, 0) is 59.5 Å². The maximum Gasteiger partial charge on any atom is 0.289 e. The number of benzene rings is 2. The van der Waals surface area contributed by atoms with E-state index in [0.717, 1.165) is 47.7 Å². The zero-order chi connectivity index (χ0) is 25.1. The van der Waals surface area contributed by atoms with Gasteiger partial charge in [0, 0.05) is 37.6 Å². The predicted octanol–water partition coefficient (Wildman–Crippen LogP) is 5.07. The Morgan fingerprint density at radius 1 is 1.08 bits per heavy atom. The van der Waals surface area contributed by atoms with Gasteiger partial charge >= 0.3 is 0 Å². The van der Waals surface area contributed by atoms with E-state index in [2.05, 4.69) is 0 Å². The molecule has 0 N–H and O–H groups in total. The first-order chi connectivity index (χ1) is 17.5. The second-order valence-electron chi connectivity index (χ2n) is 8.97. The number of thioether (sulfide) groups is 1. The SMILES string of the molecule is CCC(=O)N1CCc2ccc(OCc3ccc(C(=O)N4CCSCC4)o3)cc2C1c1cccc(F)c1. The van der Waals surface area contributed by atoms with Crippen molar-refractivity contribution in [3.05, 3.63) is 88.6 Å². The molecule has 1 unspecified atom stereocenters. The molecule has 2 aromatic carbocycles. The van der Waals surface area contributed by atoms with Gasteiger partial charge in [0.15, 0.2) is 5.76 Å². The van der Waals surface area contributed by atoms with Crippen LogP contribution in [0.5, 0.6) is 5.75 Å². The summed E-state index contributed by atoms with van der Waals surface area (Å²) in [5, 5.41) is 0. The van der Waals surface area contributed by atoms with Gasteiger partial charge in [0.1, 0.15) is 23.9 Å². The number of hydrogen-bond donors (Lipinski definition) is 0. The fourth-order valence-electron chi connectivity index (χ4n) is 4.84. The Kier molecular flexibility index (Phi) is 7.32. The van der Waals surface area contributed by atoms with Crippen molar-refractivity contribution in [2.75, 3.05) is 31.1 Å². The average molecular weight is 509 g/mol. The zero-order valence-corrected chi connectivity index (χ0v) is 21.1. The molecular weight excluding hydrogens is 479 g/mol. The van der Waals surface area contributed by atoms with Crippen molar-refractivity contribution in [1.29, 1.82) is 0 Å². The quantitative estimate of drug-likeness (QED) is 0.465. The minimum absolute atomic E-state index is 0.0290. The summed E-state index contributed by atoms with van der Waals surface area (Å²) in [6, 6.07) is 15.4. The van der Waals surface area contributed by atoms with Gasteiger partial charge in [0.05, 0.1) is 6.04 Å². The van der Waals surface area contributed by atoms with E-state index in [1.165, 1.54) is 12.1 Å². The number of amides is 2. The molecule has 3 aromatic rings. The van der Waals surface area contributed by atoms with Crippen LogP contribution in [0.4, 0.5) is 4.39 Å². The highest BCUT2D eigenvalue weighted by molar-refractivity contribution is 7.99. The summed E-state index contributed by atoms with van der Waals surface area (Å²) >= 11 is 1.85. The third kappa shape index (κ3) is 5.14. The largest absolute Gasteiger partial charge is 0.486 e. The first kappa shape index (κ1) is 24.4. The Morgan fingerprint density at radius 2 is 1.92 bits per heavy atom. The fourth-order valence-corrected chi connectivity index (χ4v) is 5.74. The Labute approximate surface area is 214 Å². The third-order valence-corrected chi connectivity index (χ3v) is 7.63. The van der Waals surface area contributed by atoms with Crippen LogP contribution >= 0.6 is 11.8 Å². The number of ether oxygens (including phenoxy) is 1. The fraction of sp³-hybridized carbons (Fsp3) is 0.357. The average Bonchev–Trinajstić information content (AvgIpc) is 3.40. The smallest absolute Gasteiger partial charge is 0.289 e. The molecule has 1 saturated heterocycles. The van der Waals surface area contributed by atoms with Crippen LogP contribution in [-0.2, 0) is 17.8 Å². The molecule has 188 valence electrons. The highest BCUT2D eigenvalue weighted by atomic mass is 32.2. The van der Waals surface area contributed by atoms with E-state index in [-0.39, 0.29) is 30.3 Å². The van der Waals surface area contributed by atoms with Gasteiger partial charge in [-0.3, -0.25) is 9.59 Å². The van der Waals surface area contributed by atoms with Crippen LogP contribution in [0.3, 0.4) is 0 Å². The van der Waals surface area contributed by atoms with Gasteiger partial charge in [-0.1, -0.05) is 25.1 Å². The molecule has 2 aliphatic heterocycles. The minimum atomic E-state index is -0.379. The number of fused-ring (bicyclic) bond motifs is 1. The molecule has 0 spiro atoms. The van der Waals surface area contributed by atoms with Gasteiger partial charge in [-0.2, -0.15) is 11.8 Å². The first-order valence-electron chi connectivity index (χ1n) is 12.3. The Bertz CT molecular complexity index is 1250. The van der Waals surface area contributed by atoms with Crippen LogP contribution in [-0.4, -0.2) is 52.8 Å². The molecule has 5 rings (SSSR count). The molecule has 36 heavy (non-hydrogen) atoms. The lowest BCUT2D eigenvalue weighted by Gasteiger charge is -2.38. The van der Waals surface area contributed by atoms with E-state index in [4.69, 9.17) is 9.15 Å². The van der Waals surface area contributed by atoms with Crippen molar-refractivity contribution in [3.8, 4) is 5.75 Å². The maximum absolute atomic E-state index is 14.1. The Hall–Kier alpha value is -3.26. The molecule has 3 heterocycles. The monoisotopic (exact) mass is 508 g/mol. The van der Waals surface area contributed by atoms with Crippen LogP contribution in [0.15, 0.2) is 59.0 Å². The van der Waals surface area contributed by atoms with Gasteiger partial charge in [-0.25, -0.2) is 4.39 Å². The molecule has 0 bridgehead atoms. The number of halogens is 1. The van der Waals surface area contributed by atoms with Crippen molar-refractivity contribution in [2.24, 2.45) is 0 Å². The first-order valence-corrected chi connectivity index (χ1v) is 13.4. The summed E-state index contributed by atoms with van der Waals surface area (Å²) in [6.07, 6.45) is 1.11. The minimum Gasteiger partial charge on any atom is -0.486 e. The van der Waals surface area contributed by atoms with E-state index in [1.54, 1.807) is 18.2 Å². The number of carbonyl (C=O) groups is 2. The molecule has 0 radical (unpaired) electrons. The van der Waals surface area contributed by atoms with Crippen LogP contribution in [0.25, 0.3) is 0 Å². The molecule has 1 fully saturated rings. The molecule has 0 aliphatic carbocycles. The number of carbonyl (C=O) groups excluding carboxylic acids is 2. The molecule has 6 nitrogen and oxygen atoms in total. The van der Waals surface area contributed by atoms with E-state index in [1.807, 2.05) is 52.8 Å². The topological polar surface area (TPSA) is 63.0 Å². The number of nitrogens with zero attached hydrogens (tertiary/aromatic N) is 2. The Balaban J connectivity index is 1.35. The highest BCUT2D eigenvalue weighted by Gasteiger charge is 2.32. The lowest BCUT2D eigenvalue weighted by molar-refractivity contribution is -0.132. The summed E-state index contributed by atoms with van der Waals surface area (Å²) in [7, 11) is 0. The zero-order valence-electron chi connectivity index (χ0n) is 20.2. The van der Waals surface area contributed by atoms with Crippen molar-refractivity contribution >= 4 is 23.6 Å². The van der Waals surface area contributed by atoms with E-state index in [0.29, 0.717) is 30.2 Å². The second kappa shape index (κ2) is 10.8. The number of rotatable bonds is 6. The molecule has 8 heteroatoms. The lowest BCUT2D eigenvalue weighted by Crippen LogP contribution is -2.40. The van der Waals surface area contributed by atoms with Gasteiger partial charge in [0.25, 0.3) is 5.91 Å². The van der Waals surface area contributed by atoms with Gasteiger partial charge in [-0.15, -0.1) is 0 Å². The van der Waals surface area contributed by atoms with Crippen molar-refractivity contribution in [1.82, 2.24) is 9.80 Å². The van der Waals surface area contributed by atoms with Crippen LogP contribution in [0, 0.1) is 5.82 Å². The normalized spacial score (nSPS) is 17.6. The Morgan fingerprint density at radius 3 is 2.69 bits per heavy atom. The van der Waals surface area contributed by atoms with Crippen molar-refractivity contribution in [2.45, 2.75) is 32.4 Å². The number of hydrogen-bond acceptors (Lipinski definition) is 5. The molecule has 1 aromatic heterocycles. The predicted molar refractivity (Wildman–Crippen MR) is 137 cm³/mol. The molecule has 1 atom stereocenters. The summed E-state index contributed by atoms with van der Waals surface area (Å²) < 4.78 is 25.9. The lowest BCUT2D eigenvalue weighted by atomic mass is 9.87. The second-order valence-corrected chi connectivity index (χ2v) is 10.2. The van der Waals surface area contributed by atoms with E-state index in [9.17, 15) is 14.0 Å².